The van der Waals surface area contributed by atoms with Crippen molar-refractivity contribution in [3.05, 3.63) is 24.3 Å². The maximum Gasteiger partial charge on any atom is 0.253 e. The van der Waals surface area contributed by atoms with Crippen molar-refractivity contribution in [2.45, 2.75) is 19.4 Å². The first-order valence-corrected chi connectivity index (χ1v) is 5.64. The largest absolute Gasteiger partial charge is 0.370 e. The highest BCUT2D eigenvalue weighted by Crippen LogP contribution is 2.34. The van der Waals surface area contributed by atoms with Crippen LogP contribution in [0.1, 0.15) is 13.8 Å². The van der Waals surface area contributed by atoms with Crippen molar-refractivity contribution in [1.29, 1.82) is 0 Å². The molecule has 0 aliphatic carbocycles. The average molecular weight is 248 g/mol. The molecule has 0 atom stereocenters. The third-order valence-electron chi connectivity index (χ3n) is 2.88. The molecule has 2 rings (SSSR count). The summed E-state index contributed by atoms with van der Waals surface area (Å²) in [6, 6.07) is 7.36. The van der Waals surface area contributed by atoms with Gasteiger partial charge in [-0.25, -0.2) is 5.84 Å². The summed E-state index contributed by atoms with van der Waals surface area (Å²) in [5.41, 5.74) is 2.80. The molecular weight excluding hydrogens is 232 g/mol. The van der Waals surface area contributed by atoms with Gasteiger partial charge in [0, 0.05) is 0 Å². The van der Waals surface area contributed by atoms with Crippen LogP contribution in [0.25, 0.3) is 0 Å². The Labute approximate surface area is 105 Å². The molecule has 0 aromatic heterocycles. The molecule has 1 aliphatic heterocycles. The summed E-state index contributed by atoms with van der Waals surface area (Å²) in [5.74, 6) is 4.50. The second-order valence-electron chi connectivity index (χ2n) is 4.73. The Hall–Kier alpha value is -2.08. The number of amides is 2. The zero-order valence-electron chi connectivity index (χ0n) is 10.4. The van der Waals surface area contributed by atoms with E-state index < -0.39 is 11.4 Å². The van der Waals surface area contributed by atoms with E-state index in [1.54, 1.807) is 19.9 Å². The summed E-state index contributed by atoms with van der Waals surface area (Å²) in [7, 11) is 0. The van der Waals surface area contributed by atoms with E-state index in [1.807, 2.05) is 23.6 Å². The highest BCUT2D eigenvalue weighted by Gasteiger charge is 2.38. The van der Waals surface area contributed by atoms with Gasteiger partial charge in [0.15, 0.2) is 0 Å². The Balaban J connectivity index is 2.42. The lowest BCUT2D eigenvalue weighted by molar-refractivity contribution is -0.125. The molecule has 0 unspecified atom stereocenters. The lowest BCUT2D eigenvalue weighted by Gasteiger charge is -2.39. The van der Waals surface area contributed by atoms with Gasteiger partial charge in [0.25, 0.3) is 11.8 Å². The topological polar surface area (TPSA) is 87.5 Å². The monoisotopic (exact) mass is 248 g/mol. The van der Waals surface area contributed by atoms with Gasteiger partial charge in [-0.1, -0.05) is 12.1 Å². The molecule has 0 saturated heterocycles. The third kappa shape index (κ3) is 2.02. The van der Waals surface area contributed by atoms with Crippen LogP contribution in [-0.2, 0) is 9.59 Å². The quantitative estimate of drug-likeness (QED) is 0.397. The molecule has 0 fully saturated rings. The van der Waals surface area contributed by atoms with E-state index >= 15 is 0 Å². The van der Waals surface area contributed by atoms with E-state index in [0.717, 1.165) is 5.69 Å². The fraction of sp³-hybridized carbons (Fsp3) is 0.333. The maximum absolute atomic E-state index is 12.3. The van der Waals surface area contributed by atoms with Gasteiger partial charge in [0.2, 0.25) is 0 Å². The Morgan fingerprint density at radius 1 is 1.44 bits per heavy atom. The van der Waals surface area contributed by atoms with Crippen LogP contribution < -0.4 is 21.5 Å². The average Bonchev–Trinajstić information content (AvgIpc) is 2.34. The minimum Gasteiger partial charge on any atom is -0.370 e. The van der Waals surface area contributed by atoms with Gasteiger partial charge >= 0.3 is 0 Å². The van der Waals surface area contributed by atoms with Gasteiger partial charge in [0.1, 0.15) is 12.1 Å². The van der Waals surface area contributed by atoms with Crippen LogP contribution in [-0.4, -0.2) is 23.9 Å². The second kappa shape index (κ2) is 4.30. The Morgan fingerprint density at radius 3 is 2.78 bits per heavy atom. The molecule has 18 heavy (non-hydrogen) atoms. The fourth-order valence-electron chi connectivity index (χ4n) is 2.00. The number of anilines is 2. The van der Waals surface area contributed by atoms with Crippen molar-refractivity contribution in [2.24, 2.45) is 5.84 Å². The minimum atomic E-state index is -0.747. The van der Waals surface area contributed by atoms with E-state index in [9.17, 15) is 9.59 Å². The number of nitrogens with one attached hydrogen (secondary N) is 2. The van der Waals surface area contributed by atoms with Crippen LogP contribution in [0.2, 0.25) is 0 Å². The predicted octanol–water partition coefficient (Wildman–Crippen LogP) is 0.214. The summed E-state index contributed by atoms with van der Waals surface area (Å²) in [4.78, 5) is 25.1. The molecule has 0 saturated carbocycles. The molecule has 0 spiro atoms. The molecule has 4 N–H and O–H groups in total. The molecule has 1 aromatic carbocycles. The molecule has 2 amide bonds. The number of benzene rings is 1. The summed E-state index contributed by atoms with van der Waals surface area (Å²) >= 11 is 0. The summed E-state index contributed by atoms with van der Waals surface area (Å²) < 4.78 is 0. The number of hydrogen-bond donors (Lipinski definition) is 3. The number of carbonyl (C=O) groups is 2. The van der Waals surface area contributed by atoms with E-state index in [2.05, 4.69) is 5.32 Å². The zero-order valence-corrected chi connectivity index (χ0v) is 10.4. The first-order chi connectivity index (χ1) is 8.45. The number of fused-ring (bicyclic) bond motifs is 1. The number of rotatable bonds is 2. The number of hydrazine groups is 1. The van der Waals surface area contributed by atoms with Gasteiger partial charge in [-0.3, -0.25) is 19.9 Å². The van der Waals surface area contributed by atoms with Crippen molar-refractivity contribution in [3.63, 3.8) is 0 Å². The van der Waals surface area contributed by atoms with Crippen LogP contribution in [0, 0.1) is 0 Å². The van der Waals surface area contributed by atoms with Crippen LogP contribution in [0.3, 0.4) is 0 Å². The van der Waals surface area contributed by atoms with E-state index in [-0.39, 0.29) is 12.5 Å². The fourth-order valence-corrected chi connectivity index (χ4v) is 2.00. The molecule has 6 heteroatoms. The van der Waals surface area contributed by atoms with Crippen molar-refractivity contribution in [3.8, 4) is 0 Å². The highest BCUT2D eigenvalue weighted by atomic mass is 16.2. The van der Waals surface area contributed by atoms with Crippen molar-refractivity contribution in [2.75, 3.05) is 16.8 Å². The normalized spacial score (nSPS) is 16.8. The van der Waals surface area contributed by atoms with Crippen molar-refractivity contribution in [1.82, 2.24) is 5.43 Å². The Morgan fingerprint density at radius 2 is 2.11 bits per heavy atom. The van der Waals surface area contributed by atoms with Gasteiger partial charge in [-0.2, -0.15) is 0 Å². The molecule has 0 radical (unpaired) electrons. The molecule has 1 aromatic rings. The number of hydrogen-bond acceptors (Lipinski definition) is 4. The molecule has 6 nitrogen and oxygen atoms in total. The standard InChI is InChI=1S/C12H16N4O2/c1-12(2)11(18)16(7-10(17)15-13)9-6-4-3-5-8(9)14-12/h3-6,14H,7,13H2,1-2H3,(H,15,17). The summed E-state index contributed by atoms with van der Waals surface area (Å²) in [5, 5.41) is 3.15. The van der Waals surface area contributed by atoms with Gasteiger partial charge < -0.3 is 5.32 Å². The maximum atomic E-state index is 12.3. The SMILES string of the molecule is CC1(C)Nc2ccccc2N(CC(=O)NN)C1=O. The van der Waals surface area contributed by atoms with E-state index in [0.29, 0.717) is 5.69 Å². The van der Waals surface area contributed by atoms with Gasteiger partial charge in [-0.05, 0) is 26.0 Å². The predicted molar refractivity (Wildman–Crippen MR) is 68.8 cm³/mol. The minimum absolute atomic E-state index is 0.0859. The summed E-state index contributed by atoms with van der Waals surface area (Å²) in [6.07, 6.45) is 0. The molecule has 96 valence electrons. The van der Waals surface area contributed by atoms with Crippen LogP contribution in [0.5, 0.6) is 0 Å². The van der Waals surface area contributed by atoms with Gasteiger partial charge in [0.05, 0.1) is 11.4 Å². The second-order valence-corrected chi connectivity index (χ2v) is 4.73. The highest BCUT2D eigenvalue weighted by molar-refractivity contribution is 6.09. The van der Waals surface area contributed by atoms with Crippen LogP contribution >= 0.6 is 0 Å². The summed E-state index contributed by atoms with van der Waals surface area (Å²) in [6.45, 7) is 3.47. The Kier molecular flexibility index (Phi) is 2.96. The smallest absolute Gasteiger partial charge is 0.253 e. The van der Waals surface area contributed by atoms with Crippen molar-refractivity contribution >= 4 is 23.2 Å². The van der Waals surface area contributed by atoms with E-state index in [1.165, 1.54) is 4.90 Å². The lowest BCUT2D eigenvalue weighted by Crippen LogP contribution is -2.56. The van der Waals surface area contributed by atoms with E-state index in [4.69, 9.17) is 5.84 Å². The van der Waals surface area contributed by atoms with Crippen molar-refractivity contribution < 1.29 is 9.59 Å². The number of carbonyl (C=O) groups excluding carboxylic acids is 2. The number of nitrogens with two attached hydrogens (primary N) is 1. The van der Waals surface area contributed by atoms with Gasteiger partial charge in [-0.15, -0.1) is 0 Å². The molecule has 1 aliphatic rings. The Bertz CT molecular complexity index is 499. The van der Waals surface area contributed by atoms with Crippen LogP contribution in [0.4, 0.5) is 11.4 Å². The third-order valence-corrected chi connectivity index (χ3v) is 2.88. The first-order valence-electron chi connectivity index (χ1n) is 5.64. The van der Waals surface area contributed by atoms with Crippen LogP contribution in [0.15, 0.2) is 24.3 Å². The zero-order chi connectivity index (χ0) is 13.3. The number of nitrogens with zero attached hydrogens (tertiary/aromatic N) is 1. The number of para-hydroxylation sites is 2. The lowest BCUT2D eigenvalue weighted by atomic mass is 9.98. The molecule has 0 bridgehead atoms. The molecular formula is C12H16N4O2. The first kappa shape index (κ1) is 12.4. The molecule has 1 heterocycles.